The van der Waals surface area contributed by atoms with Crippen molar-refractivity contribution < 1.29 is 9.90 Å². The first-order chi connectivity index (χ1) is 17.0. The topological polar surface area (TPSA) is 89.5 Å². The zero-order valence-corrected chi connectivity index (χ0v) is 19.9. The minimum atomic E-state index is -0.285. The van der Waals surface area contributed by atoms with Gasteiger partial charge in [0.1, 0.15) is 11.4 Å². The van der Waals surface area contributed by atoms with Crippen molar-refractivity contribution in [3.05, 3.63) is 57.8 Å². The van der Waals surface area contributed by atoms with Crippen molar-refractivity contribution in [2.24, 2.45) is 17.3 Å². The van der Waals surface area contributed by atoms with Crippen molar-refractivity contribution in [2.45, 2.75) is 74.9 Å². The van der Waals surface area contributed by atoms with E-state index < -0.39 is 0 Å². The Morgan fingerprint density at radius 3 is 2.86 bits per heavy atom. The Bertz CT molecular complexity index is 1300. The van der Waals surface area contributed by atoms with Gasteiger partial charge < -0.3 is 15.0 Å². The number of phenolic OH excluding ortho intramolecular Hbond substituents is 1. The third-order valence-corrected chi connectivity index (χ3v) is 11.2. The summed E-state index contributed by atoms with van der Waals surface area (Å²) in [6, 6.07) is 8.94. The molecule has 1 aromatic carbocycles. The number of carbonyl (C=O) groups excluding carboxylic acids is 1. The molecular weight excluding hydrogens is 440 g/mol. The number of nitrogens with one attached hydrogen (secondary N) is 1. The van der Waals surface area contributed by atoms with E-state index in [1.54, 1.807) is 0 Å². The lowest BCUT2D eigenvalue weighted by molar-refractivity contribution is -0.122. The third kappa shape index (κ3) is 2.38. The van der Waals surface area contributed by atoms with Gasteiger partial charge in [-0.25, -0.2) is 4.98 Å². The van der Waals surface area contributed by atoms with E-state index in [0.29, 0.717) is 23.6 Å². The summed E-state index contributed by atoms with van der Waals surface area (Å²) in [5, 5.41) is 10.6. The number of aromatic amines is 1. The number of hydrogen-bond acceptors (Lipinski definition) is 5. The fraction of sp³-hybridized carbons (Fsp3) is 0.607. The average molecular weight is 473 g/mol. The van der Waals surface area contributed by atoms with Crippen molar-refractivity contribution in [3.8, 4) is 5.75 Å². The van der Waals surface area contributed by atoms with Crippen LogP contribution in [0.25, 0.3) is 0 Å². The van der Waals surface area contributed by atoms with Gasteiger partial charge in [0.05, 0.1) is 6.33 Å². The van der Waals surface area contributed by atoms with Gasteiger partial charge in [-0.05, 0) is 92.0 Å². The molecule has 3 heterocycles. The highest BCUT2D eigenvalue weighted by molar-refractivity contribution is 5.92. The van der Waals surface area contributed by atoms with E-state index in [0.717, 1.165) is 44.8 Å². The highest BCUT2D eigenvalue weighted by Gasteiger charge is 2.76. The van der Waals surface area contributed by atoms with Crippen molar-refractivity contribution in [2.75, 3.05) is 13.1 Å². The molecule has 0 spiro atoms. The highest BCUT2D eigenvalue weighted by atomic mass is 16.3. The van der Waals surface area contributed by atoms with Crippen molar-refractivity contribution in [1.82, 2.24) is 19.8 Å². The van der Waals surface area contributed by atoms with Crippen molar-refractivity contribution in [3.63, 3.8) is 0 Å². The monoisotopic (exact) mass is 472 g/mol. The SMILES string of the molecule is O=C(c1cc(=O)[nH]cn1)N1C[C@H]2CC34CCC1C2C31CCN(C2CCC2)C4Cc2ccc(O)cc21. The van der Waals surface area contributed by atoms with Crippen LogP contribution in [0.4, 0.5) is 0 Å². The molecule has 2 aromatic rings. The molecule has 7 heteroatoms. The molecule has 6 atom stereocenters. The van der Waals surface area contributed by atoms with Gasteiger partial charge >= 0.3 is 0 Å². The summed E-state index contributed by atoms with van der Waals surface area (Å²) in [5.41, 5.74) is 3.02. The maximum atomic E-state index is 13.6. The molecule has 2 aliphatic heterocycles. The number of benzene rings is 1. The standard InChI is InChI=1S/C28H32N4O3/c33-19-5-4-16-10-23-27-7-6-22-25(28(27,20(16)11-19)8-9-31(23)18-2-1-3-18)17(13-27)14-32(22)26(35)21-12-24(34)30-15-29-21/h4-5,11-12,15,17-18,22-23,25,33H,1-3,6-10,13-14H2,(H,29,30,34)/t17-,22?,23?,25?,27?,28?/m1/s1. The van der Waals surface area contributed by atoms with E-state index in [4.69, 9.17) is 0 Å². The molecule has 3 saturated carbocycles. The molecule has 2 N–H and O–H groups in total. The molecular formula is C28H32N4O3. The molecule has 6 aliphatic rings. The van der Waals surface area contributed by atoms with Crippen LogP contribution < -0.4 is 5.56 Å². The second kappa shape index (κ2) is 6.75. The smallest absolute Gasteiger partial charge is 0.272 e. The molecule has 5 fully saturated rings. The molecule has 35 heavy (non-hydrogen) atoms. The Morgan fingerprint density at radius 1 is 1.17 bits per heavy atom. The van der Waals surface area contributed by atoms with Crippen LogP contribution in [-0.4, -0.2) is 62.0 Å². The molecule has 1 amide bonds. The molecule has 4 aliphatic carbocycles. The first-order valence-corrected chi connectivity index (χ1v) is 13.5. The molecule has 5 unspecified atom stereocenters. The van der Waals surface area contributed by atoms with Crippen LogP contribution in [-0.2, 0) is 11.8 Å². The van der Waals surface area contributed by atoms with E-state index in [1.807, 2.05) is 6.07 Å². The molecule has 4 bridgehead atoms. The Kier molecular flexibility index (Phi) is 3.96. The number of aromatic nitrogens is 2. The summed E-state index contributed by atoms with van der Waals surface area (Å²) in [5.74, 6) is 1.14. The van der Waals surface area contributed by atoms with Crippen LogP contribution in [0.5, 0.6) is 5.75 Å². The zero-order chi connectivity index (χ0) is 23.5. The molecule has 2 saturated heterocycles. The fourth-order valence-corrected chi connectivity index (χ4v) is 10.1. The van der Waals surface area contributed by atoms with Gasteiger partial charge in [-0.15, -0.1) is 0 Å². The van der Waals surface area contributed by atoms with Crippen LogP contribution in [0.1, 0.15) is 66.6 Å². The number of rotatable bonds is 2. The Labute approximate surface area is 204 Å². The summed E-state index contributed by atoms with van der Waals surface area (Å²) in [6.45, 7) is 1.89. The minimum absolute atomic E-state index is 0.0223. The van der Waals surface area contributed by atoms with Gasteiger partial charge in [-0.1, -0.05) is 12.5 Å². The number of aromatic hydroxyl groups is 1. The lowest BCUT2D eigenvalue weighted by Gasteiger charge is -2.68. The molecule has 8 rings (SSSR count). The number of carbonyl (C=O) groups is 1. The quantitative estimate of drug-likeness (QED) is 0.702. The van der Waals surface area contributed by atoms with Crippen LogP contribution in [0.3, 0.4) is 0 Å². The largest absolute Gasteiger partial charge is 0.508 e. The van der Waals surface area contributed by atoms with Gasteiger partial charge in [-0.2, -0.15) is 0 Å². The Morgan fingerprint density at radius 2 is 2.06 bits per heavy atom. The van der Waals surface area contributed by atoms with Gasteiger partial charge in [0, 0.05) is 36.2 Å². The van der Waals surface area contributed by atoms with Crippen LogP contribution in [0.15, 0.2) is 35.4 Å². The van der Waals surface area contributed by atoms with Crippen LogP contribution in [0.2, 0.25) is 0 Å². The fourth-order valence-electron chi connectivity index (χ4n) is 10.1. The second-order valence-electron chi connectivity index (χ2n) is 12.1. The van der Waals surface area contributed by atoms with Gasteiger partial charge in [0.2, 0.25) is 0 Å². The second-order valence-corrected chi connectivity index (χ2v) is 12.1. The summed E-state index contributed by atoms with van der Waals surface area (Å²) < 4.78 is 0. The lowest BCUT2D eigenvalue weighted by Crippen LogP contribution is -2.71. The molecule has 182 valence electrons. The maximum absolute atomic E-state index is 13.6. The maximum Gasteiger partial charge on any atom is 0.272 e. The number of nitrogens with zero attached hydrogens (tertiary/aromatic N) is 3. The van der Waals surface area contributed by atoms with E-state index >= 15 is 0 Å². The van der Waals surface area contributed by atoms with Crippen molar-refractivity contribution in [1.29, 1.82) is 0 Å². The van der Waals surface area contributed by atoms with E-state index in [9.17, 15) is 14.7 Å². The summed E-state index contributed by atoms with van der Waals surface area (Å²) >= 11 is 0. The number of hydrogen-bond donors (Lipinski definition) is 2. The highest BCUT2D eigenvalue weighted by Crippen LogP contribution is 2.75. The zero-order valence-electron chi connectivity index (χ0n) is 19.9. The number of H-pyrrole nitrogens is 1. The summed E-state index contributed by atoms with van der Waals surface area (Å²) in [4.78, 5) is 37.2. The number of piperidine rings is 1. The van der Waals surface area contributed by atoms with Crippen LogP contribution in [0, 0.1) is 17.3 Å². The first kappa shape index (κ1) is 20.5. The number of likely N-dealkylation sites (tertiary alicyclic amines) is 2. The van der Waals surface area contributed by atoms with Crippen LogP contribution >= 0.6 is 0 Å². The minimum Gasteiger partial charge on any atom is -0.508 e. The molecule has 1 aromatic heterocycles. The van der Waals surface area contributed by atoms with Gasteiger partial charge in [-0.3, -0.25) is 14.5 Å². The predicted molar refractivity (Wildman–Crippen MR) is 129 cm³/mol. The number of amides is 1. The lowest BCUT2D eigenvalue weighted by atomic mass is 9.43. The first-order valence-electron chi connectivity index (χ1n) is 13.5. The van der Waals surface area contributed by atoms with Crippen molar-refractivity contribution >= 4 is 5.91 Å². The third-order valence-electron chi connectivity index (χ3n) is 11.2. The number of phenols is 1. The molecule has 0 radical (unpaired) electrons. The molecule has 7 nitrogen and oxygen atoms in total. The average Bonchev–Trinajstić information content (AvgIpc) is 3.26. The predicted octanol–water partition coefficient (Wildman–Crippen LogP) is 2.84. The summed E-state index contributed by atoms with van der Waals surface area (Å²) in [6.07, 6.45) is 10.9. The van der Waals surface area contributed by atoms with E-state index in [2.05, 4.69) is 31.9 Å². The Hall–Kier alpha value is -2.67. The van der Waals surface area contributed by atoms with Gasteiger partial charge in [0.15, 0.2) is 0 Å². The normalized spacial score (nSPS) is 39.1. The summed E-state index contributed by atoms with van der Waals surface area (Å²) in [7, 11) is 0. The van der Waals surface area contributed by atoms with E-state index in [1.165, 1.54) is 49.2 Å². The van der Waals surface area contributed by atoms with E-state index in [-0.39, 0.29) is 34.0 Å². The van der Waals surface area contributed by atoms with Gasteiger partial charge in [0.25, 0.3) is 11.5 Å². The Balaban J connectivity index is 1.26. The number of fused-ring (bicyclic) bond motifs is 1.